The Kier molecular flexibility index (Phi) is 10.4. The summed E-state index contributed by atoms with van der Waals surface area (Å²) < 4.78 is 0. The van der Waals surface area contributed by atoms with Gasteiger partial charge in [0.15, 0.2) is 0 Å². The predicted molar refractivity (Wildman–Crippen MR) is 208 cm³/mol. The summed E-state index contributed by atoms with van der Waals surface area (Å²) in [5, 5.41) is 7.57. The van der Waals surface area contributed by atoms with E-state index < -0.39 is 15.8 Å². The Labute approximate surface area is 286 Å². The van der Waals surface area contributed by atoms with Gasteiger partial charge in [0, 0.05) is 6.04 Å². The lowest BCUT2D eigenvalue weighted by molar-refractivity contribution is 0.218. The van der Waals surface area contributed by atoms with E-state index in [2.05, 4.69) is 165 Å². The van der Waals surface area contributed by atoms with Gasteiger partial charge in [-0.3, -0.25) is 0 Å². The topological polar surface area (TPSA) is 3.24 Å². The van der Waals surface area contributed by atoms with Crippen molar-refractivity contribution in [3.05, 3.63) is 151 Å². The largest absolute Gasteiger partial charge is 0.302 e. The molecule has 0 spiro atoms. The summed E-state index contributed by atoms with van der Waals surface area (Å²) in [5.41, 5.74) is 3.80. The van der Waals surface area contributed by atoms with Gasteiger partial charge < -0.3 is 4.90 Å². The van der Waals surface area contributed by atoms with Gasteiger partial charge in [-0.05, 0) is 110 Å². The molecule has 7 rings (SSSR count). The summed E-state index contributed by atoms with van der Waals surface area (Å²) in [6.45, 7) is 2.49. The molecule has 0 aromatic heterocycles. The SMILES string of the molecule is CC1CCC[C@@H]1c1ccccc1P(c1ccccc1)C1CCCC1[C@H](c1ccccc1P(c1ccccc1)c1ccccc1)N(C)C. The molecule has 2 saturated carbocycles. The van der Waals surface area contributed by atoms with Crippen molar-refractivity contribution in [3.63, 3.8) is 0 Å². The van der Waals surface area contributed by atoms with Crippen LogP contribution >= 0.6 is 15.8 Å². The first-order valence-corrected chi connectivity index (χ1v) is 20.5. The molecule has 0 amide bonds. The molecule has 0 saturated heterocycles. The zero-order valence-corrected chi connectivity index (χ0v) is 30.0. The molecule has 0 N–H and O–H groups in total. The van der Waals surface area contributed by atoms with Crippen LogP contribution in [0.15, 0.2) is 140 Å². The van der Waals surface area contributed by atoms with Crippen LogP contribution in [-0.4, -0.2) is 24.7 Å². The van der Waals surface area contributed by atoms with Crippen molar-refractivity contribution < 1.29 is 0 Å². The fourth-order valence-corrected chi connectivity index (χ4v) is 14.7. The van der Waals surface area contributed by atoms with E-state index in [0.717, 1.165) is 5.92 Å². The predicted octanol–water partition coefficient (Wildman–Crippen LogP) is 9.25. The summed E-state index contributed by atoms with van der Waals surface area (Å²) in [6, 6.07) is 53.6. The molecule has 3 heteroatoms. The second-order valence-corrected chi connectivity index (χ2v) is 18.5. The lowest BCUT2D eigenvalue weighted by atomic mass is 9.90. The van der Waals surface area contributed by atoms with Gasteiger partial charge in [-0.15, -0.1) is 0 Å². The first-order chi connectivity index (χ1) is 23.1. The van der Waals surface area contributed by atoms with Gasteiger partial charge >= 0.3 is 0 Å². The number of nitrogens with zero attached hydrogens (tertiary/aromatic N) is 1. The van der Waals surface area contributed by atoms with Crippen LogP contribution in [0.25, 0.3) is 0 Å². The molecular formula is C44H49NP2. The van der Waals surface area contributed by atoms with Crippen molar-refractivity contribution in [1.82, 2.24) is 4.90 Å². The molecule has 5 aromatic carbocycles. The molecule has 1 nitrogen and oxygen atoms in total. The zero-order valence-electron chi connectivity index (χ0n) is 28.3. The Morgan fingerprint density at radius 3 is 1.68 bits per heavy atom. The van der Waals surface area contributed by atoms with E-state index in [9.17, 15) is 0 Å². The first-order valence-electron chi connectivity index (χ1n) is 17.7. The quantitative estimate of drug-likeness (QED) is 0.136. The monoisotopic (exact) mass is 653 g/mol. The number of hydrogen-bond donors (Lipinski definition) is 0. The van der Waals surface area contributed by atoms with Crippen LogP contribution in [0, 0.1) is 11.8 Å². The van der Waals surface area contributed by atoms with Crippen molar-refractivity contribution in [3.8, 4) is 0 Å². The summed E-state index contributed by atoms with van der Waals surface area (Å²) in [5.74, 6) is 2.03. The van der Waals surface area contributed by atoms with Gasteiger partial charge in [0.2, 0.25) is 0 Å². The summed E-state index contributed by atoms with van der Waals surface area (Å²) in [4.78, 5) is 2.56. The standard InChI is InChI=1S/C44H49NP2/c1-33-19-17-28-37(33)38-26-13-15-30-41(38)47(36-24-11-6-12-25-36)43-32-18-29-40(43)44(45(2)3)39-27-14-16-31-42(39)46(34-20-7-4-8-21-34)35-22-9-5-10-23-35/h4-16,20-27,30-31,33,37,40,43-44H,17-19,28-29,32H2,1-3H3/t33?,37-,40?,43?,44-,47?/m0/s1. The molecule has 0 aliphatic heterocycles. The lowest BCUT2D eigenvalue weighted by Gasteiger charge is -2.40. The van der Waals surface area contributed by atoms with Crippen molar-refractivity contribution in [2.45, 2.75) is 63.1 Å². The zero-order chi connectivity index (χ0) is 32.2. The molecule has 240 valence electrons. The van der Waals surface area contributed by atoms with E-state index >= 15 is 0 Å². The van der Waals surface area contributed by atoms with Crippen LogP contribution < -0.4 is 26.5 Å². The maximum atomic E-state index is 2.56. The van der Waals surface area contributed by atoms with Crippen LogP contribution in [0.1, 0.15) is 68.5 Å². The Hall–Kier alpha value is -3.08. The molecule has 4 unspecified atom stereocenters. The minimum Gasteiger partial charge on any atom is -0.302 e. The highest BCUT2D eigenvalue weighted by atomic mass is 31.1. The Bertz CT molecular complexity index is 1680. The van der Waals surface area contributed by atoms with Gasteiger partial charge in [-0.2, -0.15) is 0 Å². The van der Waals surface area contributed by atoms with Crippen LogP contribution in [0.2, 0.25) is 0 Å². The van der Waals surface area contributed by atoms with E-state index in [1.54, 1.807) is 16.2 Å². The highest BCUT2D eigenvalue weighted by Gasteiger charge is 2.43. The third-order valence-electron chi connectivity index (χ3n) is 10.8. The normalized spacial score (nSPS) is 22.5. The van der Waals surface area contributed by atoms with Crippen molar-refractivity contribution in [2.75, 3.05) is 14.1 Å². The van der Waals surface area contributed by atoms with Gasteiger partial charge in [0.25, 0.3) is 0 Å². The second-order valence-electron chi connectivity index (χ2n) is 13.9. The highest BCUT2D eigenvalue weighted by molar-refractivity contribution is 7.80. The Morgan fingerprint density at radius 1 is 0.553 bits per heavy atom. The number of benzene rings is 5. The fraction of sp³-hybridized carbons (Fsp3) is 0.318. The molecular weight excluding hydrogens is 604 g/mol. The summed E-state index contributed by atoms with van der Waals surface area (Å²) >= 11 is 0. The molecule has 6 atom stereocenters. The molecule has 47 heavy (non-hydrogen) atoms. The maximum Gasteiger partial charge on any atom is 0.0383 e. The fourth-order valence-electron chi connectivity index (χ4n) is 8.80. The summed E-state index contributed by atoms with van der Waals surface area (Å²) in [6.07, 6.45) is 7.95. The summed E-state index contributed by atoms with van der Waals surface area (Å²) in [7, 11) is 3.45. The van der Waals surface area contributed by atoms with E-state index in [1.165, 1.54) is 60.0 Å². The first kappa shape index (κ1) is 32.5. The van der Waals surface area contributed by atoms with Gasteiger partial charge in [-0.1, -0.05) is 166 Å². The van der Waals surface area contributed by atoms with Gasteiger partial charge in [-0.25, -0.2) is 0 Å². The molecule has 2 fully saturated rings. The van der Waals surface area contributed by atoms with E-state index in [1.807, 2.05) is 0 Å². The lowest BCUT2D eigenvalue weighted by Crippen LogP contribution is -2.37. The molecule has 0 radical (unpaired) electrons. The van der Waals surface area contributed by atoms with E-state index in [4.69, 9.17) is 0 Å². The molecule has 5 aromatic rings. The Balaban J connectivity index is 1.35. The Morgan fingerprint density at radius 2 is 1.09 bits per heavy atom. The smallest absolute Gasteiger partial charge is 0.0383 e. The maximum absolute atomic E-state index is 2.56. The average molecular weight is 654 g/mol. The van der Waals surface area contributed by atoms with Crippen LogP contribution in [0.5, 0.6) is 0 Å². The van der Waals surface area contributed by atoms with E-state index in [0.29, 0.717) is 23.5 Å². The van der Waals surface area contributed by atoms with Crippen molar-refractivity contribution in [2.24, 2.45) is 11.8 Å². The van der Waals surface area contributed by atoms with Crippen molar-refractivity contribution >= 4 is 42.4 Å². The van der Waals surface area contributed by atoms with Crippen LogP contribution in [-0.2, 0) is 0 Å². The van der Waals surface area contributed by atoms with E-state index in [-0.39, 0.29) is 0 Å². The minimum absolute atomic E-state index is 0.349. The van der Waals surface area contributed by atoms with Gasteiger partial charge in [0.05, 0.1) is 0 Å². The van der Waals surface area contributed by atoms with Crippen molar-refractivity contribution in [1.29, 1.82) is 0 Å². The average Bonchev–Trinajstić information content (AvgIpc) is 3.76. The second kappa shape index (κ2) is 15.0. The molecule has 2 aliphatic rings. The minimum atomic E-state index is -0.693. The molecule has 2 aliphatic carbocycles. The van der Waals surface area contributed by atoms with Gasteiger partial charge in [0.1, 0.15) is 0 Å². The van der Waals surface area contributed by atoms with Crippen LogP contribution in [0.3, 0.4) is 0 Å². The third-order valence-corrected chi connectivity index (χ3v) is 16.4. The highest BCUT2D eigenvalue weighted by Crippen LogP contribution is 2.56. The molecule has 0 bridgehead atoms. The molecule has 0 heterocycles. The van der Waals surface area contributed by atoms with Crippen LogP contribution in [0.4, 0.5) is 0 Å². The number of hydrogen-bond acceptors (Lipinski definition) is 1. The number of rotatable bonds is 10. The third kappa shape index (κ3) is 6.78.